The molecule has 0 aromatic heterocycles. The van der Waals surface area contributed by atoms with Gasteiger partial charge in [-0.15, -0.1) is 0 Å². The van der Waals surface area contributed by atoms with Crippen molar-refractivity contribution < 1.29 is 22.7 Å². The van der Waals surface area contributed by atoms with E-state index < -0.39 is 10.0 Å². The van der Waals surface area contributed by atoms with Crippen LogP contribution >= 0.6 is 0 Å². The molecule has 1 saturated heterocycles. The second kappa shape index (κ2) is 9.95. The first-order valence-electron chi connectivity index (χ1n) is 10.1. The molecule has 1 aliphatic rings. The van der Waals surface area contributed by atoms with Crippen LogP contribution in [0.15, 0.2) is 47.4 Å². The van der Waals surface area contributed by atoms with E-state index in [0.717, 1.165) is 24.8 Å². The average molecular weight is 433 g/mol. The van der Waals surface area contributed by atoms with Crippen LogP contribution in [0.1, 0.15) is 35.2 Å². The molecule has 8 heteroatoms. The molecule has 1 fully saturated rings. The first-order chi connectivity index (χ1) is 14.4. The number of hydrogen-bond donors (Lipinski definition) is 1. The summed E-state index contributed by atoms with van der Waals surface area (Å²) in [5, 5.41) is 0. The smallest absolute Gasteiger partial charge is 0.257 e. The highest BCUT2D eigenvalue weighted by Gasteiger charge is 2.24. The number of methoxy groups -OCH3 is 1. The van der Waals surface area contributed by atoms with Crippen molar-refractivity contribution in [2.24, 2.45) is 0 Å². The zero-order valence-electron chi connectivity index (χ0n) is 17.4. The molecule has 162 valence electrons. The molecule has 7 nitrogen and oxygen atoms in total. The van der Waals surface area contributed by atoms with E-state index in [1.807, 2.05) is 31.2 Å². The number of likely N-dealkylation sites (tertiary alicyclic amines) is 1. The van der Waals surface area contributed by atoms with E-state index in [0.29, 0.717) is 24.6 Å². The first kappa shape index (κ1) is 22.1. The monoisotopic (exact) mass is 432 g/mol. The number of piperidine rings is 1. The number of carbonyl (C=O) groups is 1. The number of nitrogens with one attached hydrogen (secondary N) is 1. The molecule has 1 amide bonds. The Bertz CT molecular complexity index is 968. The van der Waals surface area contributed by atoms with Crippen LogP contribution in [0.25, 0.3) is 0 Å². The Kier molecular flexibility index (Phi) is 7.33. The fourth-order valence-corrected chi connectivity index (χ4v) is 4.39. The molecule has 1 aliphatic heterocycles. The predicted octanol–water partition coefficient (Wildman–Crippen LogP) is 2.99. The number of hydrogen-bond acceptors (Lipinski definition) is 5. The number of ether oxygens (including phenoxy) is 2. The average Bonchev–Trinajstić information content (AvgIpc) is 2.77. The van der Waals surface area contributed by atoms with E-state index in [9.17, 15) is 13.2 Å². The largest absolute Gasteiger partial charge is 0.496 e. The number of benzene rings is 2. The normalized spacial score (nSPS) is 14.4. The lowest BCUT2D eigenvalue weighted by Crippen LogP contribution is -2.36. The molecular formula is C22H28N2O5S. The van der Waals surface area contributed by atoms with Gasteiger partial charge in [-0.1, -0.05) is 17.7 Å². The Morgan fingerprint density at radius 3 is 2.43 bits per heavy atom. The molecule has 0 aliphatic carbocycles. The van der Waals surface area contributed by atoms with Crippen molar-refractivity contribution in [3.05, 3.63) is 53.6 Å². The number of aryl methyl sites for hydroxylation is 1. The van der Waals surface area contributed by atoms with Gasteiger partial charge in [0.15, 0.2) is 0 Å². The third kappa shape index (κ3) is 5.52. The number of rotatable bonds is 8. The van der Waals surface area contributed by atoms with Crippen LogP contribution in [-0.2, 0) is 10.0 Å². The molecule has 0 spiro atoms. The third-order valence-corrected chi connectivity index (χ3v) is 6.50. The van der Waals surface area contributed by atoms with Crippen LogP contribution in [-0.4, -0.2) is 52.6 Å². The molecule has 3 rings (SSSR count). The minimum Gasteiger partial charge on any atom is -0.496 e. The topological polar surface area (TPSA) is 84.9 Å². The van der Waals surface area contributed by atoms with Crippen LogP contribution in [0.5, 0.6) is 11.5 Å². The highest BCUT2D eigenvalue weighted by atomic mass is 32.2. The summed E-state index contributed by atoms with van der Waals surface area (Å²) in [6, 6.07) is 11.9. The second-order valence-electron chi connectivity index (χ2n) is 7.27. The van der Waals surface area contributed by atoms with Crippen LogP contribution in [0.4, 0.5) is 0 Å². The molecule has 0 radical (unpaired) electrons. The molecule has 30 heavy (non-hydrogen) atoms. The number of carbonyl (C=O) groups excluding carboxylic acids is 1. The summed E-state index contributed by atoms with van der Waals surface area (Å²) in [4.78, 5) is 14.7. The fraction of sp³-hybridized carbons (Fsp3) is 0.409. The lowest BCUT2D eigenvalue weighted by Gasteiger charge is -2.27. The van der Waals surface area contributed by atoms with Crippen molar-refractivity contribution >= 4 is 15.9 Å². The van der Waals surface area contributed by atoms with Gasteiger partial charge in [0.1, 0.15) is 18.1 Å². The van der Waals surface area contributed by atoms with Crippen LogP contribution < -0.4 is 14.2 Å². The predicted molar refractivity (Wildman–Crippen MR) is 115 cm³/mol. The summed E-state index contributed by atoms with van der Waals surface area (Å²) in [5.74, 6) is 0.845. The van der Waals surface area contributed by atoms with Crippen molar-refractivity contribution in [2.75, 3.05) is 33.4 Å². The highest BCUT2D eigenvalue weighted by molar-refractivity contribution is 7.89. The Morgan fingerprint density at radius 2 is 1.77 bits per heavy atom. The molecule has 1 N–H and O–H groups in total. The van der Waals surface area contributed by atoms with Gasteiger partial charge in [0.2, 0.25) is 10.0 Å². The molecule has 0 bridgehead atoms. The lowest BCUT2D eigenvalue weighted by atomic mass is 10.1. The summed E-state index contributed by atoms with van der Waals surface area (Å²) in [7, 11) is -2.32. The van der Waals surface area contributed by atoms with Gasteiger partial charge in [-0.2, -0.15) is 0 Å². The van der Waals surface area contributed by atoms with Crippen molar-refractivity contribution in [2.45, 2.75) is 31.1 Å². The number of nitrogens with zero attached hydrogens (tertiary/aromatic N) is 1. The van der Waals surface area contributed by atoms with Gasteiger partial charge in [-0.3, -0.25) is 4.79 Å². The van der Waals surface area contributed by atoms with Gasteiger partial charge in [0.05, 0.1) is 17.6 Å². The van der Waals surface area contributed by atoms with Crippen LogP contribution in [0.3, 0.4) is 0 Å². The Hall–Kier alpha value is -2.58. The maximum absolute atomic E-state index is 12.9. The molecule has 2 aromatic carbocycles. The zero-order valence-corrected chi connectivity index (χ0v) is 18.2. The summed E-state index contributed by atoms with van der Waals surface area (Å²) in [6.07, 6.45) is 3.01. The SMILES string of the molecule is COc1ccc(S(=O)(=O)NCCOc2ccc(C)cc2)cc1C(=O)N1CCCCC1. The Labute approximate surface area is 178 Å². The summed E-state index contributed by atoms with van der Waals surface area (Å²) in [5.41, 5.74) is 1.38. The lowest BCUT2D eigenvalue weighted by molar-refractivity contribution is 0.0720. The first-order valence-corrected chi connectivity index (χ1v) is 11.6. The van der Waals surface area contributed by atoms with Gasteiger partial charge in [0, 0.05) is 19.6 Å². The van der Waals surface area contributed by atoms with Crippen LogP contribution in [0, 0.1) is 6.92 Å². The summed E-state index contributed by atoms with van der Waals surface area (Å²) < 4.78 is 38.8. The van der Waals surface area contributed by atoms with E-state index in [1.165, 1.54) is 25.3 Å². The van der Waals surface area contributed by atoms with Gasteiger partial charge in [0.25, 0.3) is 5.91 Å². The number of amides is 1. The van der Waals surface area contributed by atoms with Crippen molar-refractivity contribution in [3.8, 4) is 11.5 Å². The van der Waals surface area contributed by atoms with Crippen LogP contribution in [0.2, 0.25) is 0 Å². The van der Waals surface area contributed by atoms with E-state index in [4.69, 9.17) is 9.47 Å². The molecule has 1 heterocycles. The summed E-state index contributed by atoms with van der Waals surface area (Å²) >= 11 is 0. The quantitative estimate of drug-likeness (QED) is 0.648. The van der Waals surface area contributed by atoms with E-state index in [2.05, 4.69) is 4.72 Å². The highest BCUT2D eigenvalue weighted by Crippen LogP contribution is 2.25. The third-order valence-electron chi connectivity index (χ3n) is 5.04. The second-order valence-corrected chi connectivity index (χ2v) is 9.04. The van der Waals surface area contributed by atoms with Crippen molar-refractivity contribution in [1.29, 1.82) is 0 Å². The fourth-order valence-electron chi connectivity index (χ4n) is 3.35. The van der Waals surface area contributed by atoms with E-state index in [-0.39, 0.29) is 29.5 Å². The molecule has 2 aromatic rings. The molecular weight excluding hydrogens is 404 g/mol. The van der Waals surface area contributed by atoms with E-state index >= 15 is 0 Å². The standard InChI is InChI=1S/C22H28N2O5S/c1-17-6-8-18(9-7-17)29-15-12-23-30(26,27)19-10-11-21(28-2)20(16-19)22(25)24-13-4-3-5-14-24/h6-11,16,23H,3-5,12-15H2,1-2H3. The molecule has 0 unspecified atom stereocenters. The Balaban J connectivity index is 1.67. The molecule has 0 atom stereocenters. The zero-order chi connectivity index (χ0) is 21.6. The Morgan fingerprint density at radius 1 is 1.07 bits per heavy atom. The summed E-state index contributed by atoms with van der Waals surface area (Å²) in [6.45, 7) is 3.63. The minimum atomic E-state index is -3.79. The maximum Gasteiger partial charge on any atom is 0.257 e. The maximum atomic E-state index is 12.9. The molecule has 0 saturated carbocycles. The number of sulfonamides is 1. The van der Waals surface area contributed by atoms with Gasteiger partial charge in [-0.25, -0.2) is 13.1 Å². The van der Waals surface area contributed by atoms with Crippen molar-refractivity contribution in [3.63, 3.8) is 0 Å². The van der Waals surface area contributed by atoms with E-state index in [1.54, 1.807) is 4.90 Å². The van der Waals surface area contributed by atoms with Gasteiger partial charge in [-0.05, 0) is 56.5 Å². The van der Waals surface area contributed by atoms with Crippen molar-refractivity contribution in [1.82, 2.24) is 9.62 Å². The van der Waals surface area contributed by atoms with Gasteiger partial charge >= 0.3 is 0 Å². The van der Waals surface area contributed by atoms with Gasteiger partial charge < -0.3 is 14.4 Å². The minimum absolute atomic E-state index is 0.0268.